The molecular weight excluding hydrogens is 741 g/mol. The summed E-state index contributed by atoms with van der Waals surface area (Å²) in [5.74, 6) is 0.925. The van der Waals surface area contributed by atoms with Crippen molar-refractivity contribution < 1.29 is 0 Å². The maximum atomic E-state index is 5.15. The van der Waals surface area contributed by atoms with Crippen molar-refractivity contribution in [2.75, 3.05) is 0 Å². The van der Waals surface area contributed by atoms with Crippen molar-refractivity contribution in [2.45, 2.75) is 12.5 Å². The van der Waals surface area contributed by atoms with Gasteiger partial charge in [0.25, 0.3) is 0 Å². The number of fused-ring (bicyclic) bond motifs is 5. The van der Waals surface area contributed by atoms with Crippen molar-refractivity contribution >= 4 is 60.3 Å². The fraction of sp³-hybridized carbons (Fsp3) is 0.0351. The molecule has 0 amide bonds. The van der Waals surface area contributed by atoms with Crippen molar-refractivity contribution in [3.63, 3.8) is 0 Å². The Morgan fingerprint density at radius 3 is 1.70 bits per heavy atom. The number of rotatable bonds is 6. The lowest BCUT2D eigenvalue weighted by Crippen LogP contribution is -2.02. The number of hydrogen-bond donors (Lipinski definition) is 0. The highest BCUT2D eigenvalue weighted by Gasteiger charge is 2.24. The number of benzene rings is 9. The number of para-hydroxylation sites is 3. The van der Waals surface area contributed by atoms with Gasteiger partial charge < -0.3 is 0 Å². The lowest BCUT2D eigenvalue weighted by Gasteiger charge is -2.23. The number of dihydropyridines is 1. The molecule has 1 unspecified atom stereocenters. The van der Waals surface area contributed by atoms with Crippen LogP contribution < -0.4 is 0 Å². The van der Waals surface area contributed by atoms with E-state index in [1.54, 1.807) is 0 Å². The van der Waals surface area contributed by atoms with E-state index >= 15 is 0 Å². The summed E-state index contributed by atoms with van der Waals surface area (Å²) >= 11 is 0. The summed E-state index contributed by atoms with van der Waals surface area (Å²) in [5.41, 5.74) is 12.4. The molecule has 0 N–H and O–H groups in total. The summed E-state index contributed by atoms with van der Waals surface area (Å²) in [6, 6.07) is 67.7. The van der Waals surface area contributed by atoms with Crippen molar-refractivity contribution in [1.82, 2.24) is 14.5 Å². The first-order valence-electron chi connectivity index (χ1n) is 21.0. The number of pyridine rings is 1. The molecule has 4 heteroatoms. The van der Waals surface area contributed by atoms with Gasteiger partial charge in [-0.3, -0.25) is 14.5 Å². The van der Waals surface area contributed by atoms with Gasteiger partial charge in [0.05, 0.1) is 22.8 Å². The third kappa shape index (κ3) is 5.71. The Hall–Kier alpha value is -7.95. The minimum Gasteiger partial charge on any atom is -0.292 e. The molecule has 0 aliphatic carbocycles. The van der Waals surface area contributed by atoms with Gasteiger partial charge in [0.1, 0.15) is 5.82 Å². The van der Waals surface area contributed by atoms with Crippen LogP contribution in [-0.2, 0) is 0 Å². The summed E-state index contributed by atoms with van der Waals surface area (Å²) in [6.07, 6.45) is 9.00. The largest absolute Gasteiger partial charge is 0.292 e. The van der Waals surface area contributed by atoms with Gasteiger partial charge in [0.15, 0.2) is 0 Å². The monoisotopic (exact) mass is 778 g/mol. The highest BCUT2D eigenvalue weighted by Crippen LogP contribution is 2.48. The molecule has 286 valence electrons. The second-order valence-electron chi connectivity index (χ2n) is 15.8. The van der Waals surface area contributed by atoms with E-state index in [-0.39, 0.29) is 6.04 Å². The van der Waals surface area contributed by atoms with E-state index in [9.17, 15) is 0 Å². The van der Waals surface area contributed by atoms with Crippen molar-refractivity contribution in [3.05, 3.63) is 212 Å². The minimum absolute atomic E-state index is 0.00778. The molecule has 0 bridgehead atoms. The maximum absolute atomic E-state index is 5.15. The summed E-state index contributed by atoms with van der Waals surface area (Å²) in [4.78, 5) is 15.1. The van der Waals surface area contributed by atoms with Crippen LogP contribution in [-0.4, -0.2) is 20.7 Å². The van der Waals surface area contributed by atoms with Gasteiger partial charge in [0.2, 0.25) is 0 Å². The predicted molar refractivity (Wildman–Crippen MR) is 256 cm³/mol. The minimum atomic E-state index is 0.00778. The zero-order valence-corrected chi connectivity index (χ0v) is 33.3. The fourth-order valence-electron chi connectivity index (χ4n) is 9.78. The molecule has 61 heavy (non-hydrogen) atoms. The highest BCUT2D eigenvalue weighted by molar-refractivity contribution is 6.23. The van der Waals surface area contributed by atoms with Crippen LogP contribution in [0.2, 0.25) is 0 Å². The van der Waals surface area contributed by atoms with Crippen LogP contribution >= 0.6 is 0 Å². The van der Waals surface area contributed by atoms with E-state index in [2.05, 4.69) is 199 Å². The smallest absolute Gasteiger partial charge is 0.145 e. The van der Waals surface area contributed by atoms with Crippen molar-refractivity contribution in [1.29, 1.82) is 0 Å². The third-order valence-corrected chi connectivity index (χ3v) is 12.4. The van der Waals surface area contributed by atoms with Crippen LogP contribution in [0.1, 0.15) is 18.0 Å². The van der Waals surface area contributed by atoms with Crippen LogP contribution in [0, 0.1) is 0 Å². The average molecular weight is 779 g/mol. The molecule has 2 aromatic heterocycles. The third-order valence-electron chi connectivity index (χ3n) is 12.4. The molecule has 0 saturated heterocycles. The second-order valence-corrected chi connectivity index (χ2v) is 15.8. The first kappa shape index (κ1) is 35.0. The molecule has 0 spiro atoms. The van der Waals surface area contributed by atoms with Gasteiger partial charge in [0, 0.05) is 29.2 Å². The molecule has 12 rings (SSSR count). The molecule has 1 aliphatic rings. The Morgan fingerprint density at radius 1 is 0.459 bits per heavy atom. The van der Waals surface area contributed by atoms with Crippen LogP contribution in [0.3, 0.4) is 0 Å². The van der Waals surface area contributed by atoms with Gasteiger partial charge in [-0.2, -0.15) is 0 Å². The summed E-state index contributed by atoms with van der Waals surface area (Å²) in [7, 11) is 0. The average Bonchev–Trinajstić information content (AvgIpc) is 3.73. The summed E-state index contributed by atoms with van der Waals surface area (Å²) < 4.78 is 2.26. The molecule has 0 saturated carbocycles. The quantitative estimate of drug-likeness (QED) is 0.158. The van der Waals surface area contributed by atoms with E-state index in [0.29, 0.717) is 0 Å². The molecule has 0 radical (unpaired) electrons. The molecule has 1 aliphatic heterocycles. The summed E-state index contributed by atoms with van der Waals surface area (Å²) in [6.45, 7) is 0. The zero-order valence-electron chi connectivity index (χ0n) is 33.3. The second kappa shape index (κ2) is 14.4. The van der Waals surface area contributed by atoms with Crippen LogP contribution in [0.5, 0.6) is 0 Å². The van der Waals surface area contributed by atoms with Crippen LogP contribution in [0.4, 0.5) is 0 Å². The number of hydrogen-bond acceptors (Lipinski definition) is 3. The summed E-state index contributed by atoms with van der Waals surface area (Å²) in [5, 5.41) is 9.69. The standard InChI is InChI=1S/C57H38N4/c1-2-16-40(17-3-1)61-52-27-11-10-24-49(52)60-57(61)38-30-28-37(29-31-38)53-41-18-4-6-20-43(41)54(44-21-7-5-19-42(44)53)39-32-33-47-48(36-39)56(51-26-13-15-35-59-51)46-23-9-8-22-45(46)55(47)50-25-12-14-34-58-50/h1-25,27-36,51H,26H2. The first-order chi connectivity index (χ1) is 30.3. The number of imidazole rings is 1. The van der Waals surface area contributed by atoms with Gasteiger partial charge in [-0.05, 0) is 126 Å². The normalized spacial score (nSPS) is 13.9. The molecular formula is C57H38N4. The van der Waals surface area contributed by atoms with Gasteiger partial charge in [-0.25, -0.2) is 4.98 Å². The maximum Gasteiger partial charge on any atom is 0.145 e. The Bertz CT molecular complexity index is 3490. The van der Waals surface area contributed by atoms with Crippen LogP contribution in [0.25, 0.3) is 105 Å². The molecule has 0 fully saturated rings. The van der Waals surface area contributed by atoms with Crippen LogP contribution in [0.15, 0.2) is 211 Å². The molecule has 4 nitrogen and oxygen atoms in total. The number of aromatic nitrogens is 3. The molecule has 1 atom stereocenters. The Kier molecular flexibility index (Phi) is 8.27. The topological polar surface area (TPSA) is 43.1 Å². The number of aliphatic imine (C=N–C) groups is 1. The predicted octanol–water partition coefficient (Wildman–Crippen LogP) is 14.8. The van der Waals surface area contributed by atoms with E-state index < -0.39 is 0 Å². The molecule has 3 heterocycles. The van der Waals surface area contributed by atoms with Gasteiger partial charge in [-0.1, -0.05) is 152 Å². The van der Waals surface area contributed by atoms with E-state index in [1.165, 1.54) is 70.9 Å². The van der Waals surface area contributed by atoms with Crippen molar-refractivity contribution in [3.8, 4) is 50.6 Å². The lowest BCUT2D eigenvalue weighted by molar-refractivity contribution is 0.753. The highest BCUT2D eigenvalue weighted by atomic mass is 15.1. The van der Waals surface area contributed by atoms with Gasteiger partial charge >= 0.3 is 0 Å². The first-order valence-corrected chi connectivity index (χ1v) is 21.0. The lowest BCUT2D eigenvalue weighted by atomic mass is 9.82. The molecule has 9 aromatic carbocycles. The zero-order chi connectivity index (χ0) is 40.3. The molecule has 11 aromatic rings. The fourth-order valence-corrected chi connectivity index (χ4v) is 9.78. The van der Waals surface area contributed by atoms with E-state index in [4.69, 9.17) is 15.0 Å². The Balaban J connectivity index is 1.07. The number of allylic oxidation sites excluding steroid dienone is 1. The van der Waals surface area contributed by atoms with E-state index in [0.717, 1.165) is 45.8 Å². The van der Waals surface area contributed by atoms with E-state index in [1.807, 2.05) is 18.5 Å². The Morgan fingerprint density at radius 2 is 1.03 bits per heavy atom. The van der Waals surface area contributed by atoms with Crippen molar-refractivity contribution in [2.24, 2.45) is 4.99 Å². The van der Waals surface area contributed by atoms with Gasteiger partial charge in [-0.15, -0.1) is 0 Å². The Labute approximate surface area is 353 Å². The number of nitrogens with zero attached hydrogens (tertiary/aromatic N) is 4. The SMILES string of the molecule is C1=CCC(c2c3ccccc3c(-c3ccccn3)c3ccc(-c4c5ccccc5c(-c5ccc(-c6nc7ccccc7n6-c6ccccc6)cc5)c5ccccc45)cc23)N=C1.